The Labute approximate surface area is 246 Å². The summed E-state index contributed by atoms with van der Waals surface area (Å²) >= 11 is 7.18. The number of carbonyl (C=O) groups is 3. The Morgan fingerprint density at radius 3 is 2.43 bits per heavy atom. The smallest absolute Gasteiger partial charge is 0.303 e. The van der Waals surface area contributed by atoms with Gasteiger partial charge in [0, 0.05) is 37.4 Å². The summed E-state index contributed by atoms with van der Waals surface area (Å²) in [5, 5.41) is 17.4. The number of aromatic nitrogens is 4. The predicted octanol–water partition coefficient (Wildman–Crippen LogP) is 3.63. The van der Waals surface area contributed by atoms with E-state index in [1.807, 2.05) is 6.07 Å². The second-order valence-electron chi connectivity index (χ2n) is 8.93. The van der Waals surface area contributed by atoms with Crippen molar-refractivity contribution in [3.8, 4) is 17.3 Å². The first kappa shape index (κ1) is 30.8. The number of nitriles is 1. The molecule has 12 nitrogen and oxygen atoms in total. The Morgan fingerprint density at radius 1 is 1.10 bits per heavy atom. The second-order valence-corrected chi connectivity index (χ2v) is 10.5. The maximum absolute atomic E-state index is 13.9. The van der Waals surface area contributed by atoms with Crippen LogP contribution in [0.5, 0.6) is 0 Å². The van der Waals surface area contributed by atoms with Crippen LogP contribution in [-0.4, -0.2) is 68.2 Å². The largest absolute Gasteiger partial charge is 0.463 e. The van der Waals surface area contributed by atoms with E-state index < -0.39 is 59.3 Å². The number of thioether (sulfide) groups is 1. The molecular formula is C26H22ClF2N5O7S. The summed E-state index contributed by atoms with van der Waals surface area (Å²) in [6, 6.07) is 5.38. The average molecular weight is 622 g/mol. The first-order chi connectivity index (χ1) is 20.0. The highest BCUT2D eigenvalue weighted by atomic mass is 35.5. The molecule has 0 amide bonds. The first-order valence-corrected chi connectivity index (χ1v) is 13.5. The van der Waals surface area contributed by atoms with Crippen LogP contribution in [-0.2, 0) is 33.3 Å². The van der Waals surface area contributed by atoms with Crippen molar-refractivity contribution in [3.63, 3.8) is 0 Å². The normalized spacial score (nSPS) is 21.7. The lowest BCUT2D eigenvalue weighted by Crippen LogP contribution is -2.57. The number of carbonyl (C=O) groups excluding carboxylic acids is 3. The molecule has 3 heterocycles. The van der Waals surface area contributed by atoms with Gasteiger partial charge in [0.2, 0.25) is 0 Å². The van der Waals surface area contributed by atoms with Gasteiger partial charge in [0.05, 0.1) is 11.2 Å². The van der Waals surface area contributed by atoms with Gasteiger partial charge in [0.15, 0.2) is 29.5 Å². The van der Waals surface area contributed by atoms with Crippen LogP contribution >= 0.6 is 23.4 Å². The highest BCUT2D eigenvalue weighted by Gasteiger charge is 2.52. The lowest BCUT2D eigenvalue weighted by molar-refractivity contribution is -0.212. The van der Waals surface area contributed by atoms with E-state index in [4.69, 9.17) is 35.8 Å². The second kappa shape index (κ2) is 13.2. The van der Waals surface area contributed by atoms with E-state index in [0.29, 0.717) is 4.90 Å². The Kier molecular flexibility index (Phi) is 9.71. The summed E-state index contributed by atoms with van der Waals surface area (Å²) < 4.78 is 51.3. The molecule has 0 spiro atoms. The molecule has 1 aliphatic heterocycles. The number of nitrogens with zero attached hydrogens (tertiary/aromatic N) is 5. The lowest BCUT2D eigenvalue weighted by atomic mass is 9.96. The summed E-state index contributed by atoms with van der Waals surface area (Å²) in [6.07, 6.45) is -0.788. The van der Waals surface area contributed by atoms with Crippen molar-refractivity contribution in [2.75, 3.05) is 6.61 Å². The van der Waals surface area contributed by atoms with E-state index in [9.17, 15) is 23.2 Å². The van der Waals surface area contributed by atoms with Crippen molar-refractivity contribution < 1.29 is 42.1 Å². The average Bonchev–Trinajstić information content (AvgIpc) is 3.40. The number of halogens is 3. The SMILES string of the molecule is CC(=O)OCC1OC(Sc2cnc(C#N)c(Cl)c2)C(OC(C)=O)C(n2cc(-c3ccc(F)c(F)c3)nn2)C1OC(C)=O. The van der Waals surface area contributed by atoms with Crippen molar-refractivity contribution in [2.24, 2.45) is 0 Å². The molecule has 1 aliphatic rings. The minimum absolute atomic E-state index is 0.00461. The summed E-state index contributed by atoms with van der Waals surface area (Å²) in [7, 11) is 0. The monoisotopic (exact) mass is 621 g/mol. The zero-order valence-electron chi connectivity index (χ0n) is 22.2. The van der Waals surface area contributed by atoms with Crippen molar-refractivity contribution in [2.45, 2.75) is 55.5 Å². The van der Waals surface area contributed by atoms with E-state index in [-0.39, 0.29) is 28.6 Å². The van der Waals surface area contributed by atoms with Crippen LogP contribution in [0.4, 0.5) is 8.78 Å². The number of hydrogen-bond acceptors (Lipinski definition) is 12. The highest BCUT2D eigenvalue weighted by molar-refractivity contribution is 7.99. The van der Waals surface area contributed by atoms with Gasteiger partial charge in [0.1, 0.15) is 36.0 Å². The molecule has 5 unspecified atom stereocenters. The van der Waals surface area contributed by atoms with Gasteiger partial charge in [-0.25, -0.2) is 18.4 Å². The standard InChI is InChI=1S/C26H22ClF2N5O7S/c1-12(35)38-11-22-24(39-13(2)36)23(34-10-21(32-33-34)15-4-5-18(28)19(29)6-15)25(40-14(3)37)26(41-22)42-16-7-17(27)20(8-30)31-9-16/h4-7,9-10,22-26H,11H2,1-3H3. The molecule has 0 N–H and O–H groups in total. The van der Waals surface area contributed by atoms with Crippen molar-refractivity contribution in [1.82, 2.24) is 20.0 Å². The Morgan fingerprint density at radius 2 is 1.81 bits per heavy atom. The van der Waals surface area contributed by atoms with Gasteiger partial charge in [-0.2, -0.15) is 5.26 Å². The number of rotatable bonds is 8. The Balaban J connectivity index is 1.81. The summed E-state index contributed by atoms with van der Waals surface area (Å²) in [6.45, 7) is 3.15. The maximum atomic E-state index is 13.9. The number of hydrogen-bond donors (Lipinski definition) is 0. The number of pyridine rings is 1. The fourth-order valence-corrected chi connectivity index (χ4v) is 5.58. The minimum atomic E-state index is -1.23. The van der Waals surface area contributed by atoms with Gasteiger partial charge < -0.3 is 18.9 Å². The number of esters is 3. The molecule has 3 aromatic rings. The molecule has 0 bridgehead atoms. The van der Waals surface area contributed by atoms with Gasteiger partial charge in [-0.15, -0.1) is 5.10 Å². The van der Waals surface area contributed by atoms with Crippen LogP contribution in [0.2, 0.25) is 5.02 Å². The van der Waals surface area contributed by atoms with Gasteiger partial charge in [-0.1, -0.05) is 28.6 Å². The number of benzene rings is 1. The van der Waals surface area contributed by atoms with E-state index in [2.05, 4.69) is 15.3 Å². The summed E-state index contributed by atoms with van der Waals surface area (Å²) in [5.74, 6) is -4.22. The van der Waals surface area contributed by atoms with Gasteiger partial charge >= 0.3 is 17.9 Å². The Hall–Kier alpha value is -4.13. The highest BCUT2D eigenvalue weighted by Crippen LogP contribution is 2.42. The molecule has 1 aromatic carbocycles. The fraction of sp³-hybridized carbons (Fsp3) is 0.346. The van der Waals surface area contributed by atoms with Crippen LogP contribution in [0.3, 0.4) is 0 Å². The molecule has 0 aliphatic carbocycles. The molecule has 1 fully saturated rings. The van der Waals surface area contributed by atoms with Crippen LogP contribution < -0.4 is 0 Å². The number of ether oxygens (including phenoxy) is 4. The topological polar surface area (TPSA) is 156 Å². The Bertz CT molecular complexity index is 1550. The van der Waals surface area contributed by atoms with Gasteiger partial charge in [0.25, 0.3) is 0 Å². The summed E-state index contributed by atoms with van der Waals surface area (Å²) in [5.41, 5.74) is -0.726. The molecule has 2 aromatic heterocycles. The molecule has 0 radical (unpaired) electrons. The van der Waals surface area contributed by atoms with Crippen LogP contribution in [0.15, 0.2) is 41.6 Å². The maximum Gasteiger partial charge on any atom is 0.303 e. The third-order valence-corrected chi connectivity index (χ3v) is 7.27. The van der Waals surface area contributed by atoms with Crippen LogP contribution in [0.1, 0.15) is 32.5 Å². The summed E-state index contributed by atoms with van der Waals surface area (Å²) in [4.78, 5) is 40.6. The molecule has 4 rings (SSSR count). The predicted molar refractivity (Wildman–Crippen MR) is 141 cm³/mol. The molecular weight excluding hydrogens is 600 g/mol. The fourth-order valence-electron chi connectivity index (χ4n) is 4.19. The van der Waals surface area contributed by atoms with Crippen LogP contribution in [0.25, 0.3) is 11.3 Å². The zero-order chi connectivity index (χ0) is 30.6. The zero-order valence-corrected chi connectivity index (χ0v) is 23.8. The third-order valence-electron chi connectivity index (χ3n) is 5.88. The van der Waals surface area contributed by atoms with E-state index in [1.54, 1.807) is 0 Å². The van der Waals surface area contributed by atoms with Crippen molar-refractivity contribution in [3.05, 3.63) is 59.0 Å². The van der Waals surface area contributed by atoms with E-state index >= 15 is 0 Å². The molecule has 16 heteroatoms. The van der Waals surface area contributed by atoms with Gasteiger partial charge in [-0.05, 0) is 24.3 Å². The molecule has 42 heavy (non-hydrogen) atoms. The molecule has 5 atom stereocenters. The van der Waals surface area contributed by atoms with Crippen molar-refractivity contribution >= 4 is 41.3 Å². The van der Waals surface area contributed by atoms with Crippen molar-refractivity contribution in [1.29, 1.82) is 5.26 Å². The van der Waals surface area contributed by atoms with Gasteiger partial charge in [-0.3, -0.25) is 14.4 Å². The van der Waals surface area contributed by atoms with E-state index in [0.717, 1.165) is 30.8 Å². The lowest BCUT2D eigenvalue weighted by Gasteiger charge is -2.44. The van der Waals surface area contributed by atoms with Crippen LogP contribution in [0, 0.1) is 23.0 Å². The third kappa shape index (κ3) is 7.19. The quantitative estimate of drug-likeness (QED) is 0.266. The molecule has 220 valence electrons. The minimum Gasteiger partial charge on any atom is -0.463 e. The molecule has 1 saturated heterocycles. The molecule has 0 saturated carbocycles. The van der Waals surface area contributed by atoms with E-state index in [1.165, 1.54) is 43.1 Å². The first-order valence-electron chi connectivity index (χ1n) is 12.2.